The Kier molecular flexibility index (Phi) is 25.2. The van der Waals surface area contributed by atoms with Crippen LogP contribution in [0.15, 0.2) is 0 Å². The van der Waals surface area contributed by atoms with Crippen molar-refractivity contribution in [3.63, 3.8) is 0 Å². The van der Waals surface area contributed by atoms with Gasteiger partial charge >= 0.3 is 66.4 Å². The summed E-state index contributed by atoms with van der Waals surface area (Å²) in [6.07, 6.45) is 0. The van der Waals surface area contributed by atoms with E-state index in [-0.39, 0.29) is 59.1 Å². The van der Waals surface area contributed by atoms with E-state index in [9.17, 15) is 0 Å². The summed E-state index contributed by atoms with van der Waals surface area (Å²) in [4.78, 5) is 31.8. The van der Waals surface area contributed by atoms with Gasteiger partial charge in [0.25, 0.3) is 0 Å². The van der Waals surface area contributed by atoms with Gasteiger partial charge in [-0.05, 0) is 0 Å². The van der Waals surface area contributed by atoms with Crippen LogP contribution < -0.4 is 68.7 Å². The minimum atomic E-state index is -5.11. The Balaban J connectivity index is -0.0000000383. The molecule has 0 aliphatic rings. The minimum absolute atomic E-state index is 0. The van der Waals surface area contributed by atoms with Crippen LogP contribution >= 0.6 is 0 Å². The first-order chi connectivity index (χ1) is 3.73. The SMILES string of the molecule is OB(O)O.[Na+].[Na+].[O-][Si]([O-])(O)O. The average Bonchev–Trinajstić information content (AvgIpc) is 1.19. The maximum absolute atomic E-state index is 8.80. The predicted octanol–water partition coefficient (Wildman–Crippen LogP) is -11.9. The van der Waals surface area contributed by atoms with Gasteiger partial charge in [-0.2, -0.15) is 0 Å². The number of hydrogen-bond acceptors (Lipinski definition) is 7. The van der Waals surface area contributed by atoms with E-state index in [1.165, 1.54) is 0 Å². The van der Waals surface area contributed by atoms with E-state index in [0.29, 0.717) is 0 Å². The molecule has 56 valence electrons. The van der Waals surface area contributed by atoms with Gasteiger partial charge in [-0.3, -0.25) is 0 Å². The molecule has 0 atom stereocenters. The molecule has 11 heteroatoms. The molecule has 0 rings (SSSR count). The van der Waals surface area contributed by atoms with E-state index < -0.39 is 16.4 Å². The molecule has 0 amide bonds. The molecule has 0 aromatic rings. The van der Waals surface area contributed by atoms with Crippen LogP contribution in [0.2, 0.25) is 0 Å². The Bertz CT molecular complexity index is 53.2. The zero-order valence-corrected chi connectivity index (χ0v) is 11.1. The zero-order chi connectivity index (χ0) is 8.08. The predicted molar refractivity (Wildman–Crippen MR) is 22.6 cm³/mol. The molecule has 11 heavy (non-hydrogen) atoms. The smallest absolute Gasteiger partial charge is 0.828 e. The molecule has 0 aromatic carbocycles. The second kappa shape index (κ2) is 12.0. The Morgan fingerprint density at radius 1 is 0.909 bits per heavy atom. The molecule has 0 radical (unpaired) electrons. The third-order valence-electron chi connectivity index (χ3n) is 0. The van der Waals surface area contributed by atoms with E-state index in [4.69, 9.17) is 34.3 Å². The Hall–Kier alpha value is 2.00. The topological polar surface area (TPSA) is 147 Å². The molecule has 0 aliphatic carbocycles. The Morgan fingerprint density at radius 2 is 0.909 bits per heavy atom. The van der Waals surface area contributed by atoms with Gasteiger partial charge in [-0.25, -0.2) is 0 Å². The average molecular weight is 202 g/mol. The van der Waals surface area contributed by atoms with Crippen LogP contribution in [-0.4, -0.2) is 41.0 Å². The summed E-state index contributed by atoms with van der Waals surface area (Å²) < 4.78 is 0. The number of hydrogen-bond donors (Lipinski definition) is 5. The molecule has 0 aromatic heterocycles. The Labute approximate surface area is 109 Å². The van der Waals surface area contributed by atoms with E-state index >= 15 is 0 Å². The van der Waals surface area contributed by atoms with Gasteiger partial charge in [0, 0.05) is 0 Å². The van der Waals surface area contributed by atoms with Crippen molar-refractivity contribution in [2.75, 3.05) is 0 Å². The largest absolute Gasteiger partial charge is 1.00 e. The van der Waals surface area contributed by atoms with E-state index in [0.717, 1.165) is 0 Å². The first-order valence-electron chi connectivity index (χ1n) is 1.63. The summed E-state index contributed by atoms with van der Waals surface area (Å²) in [6.45, 7) is 0. The van der Waals surface area contributed by atoms with E-state index in [1.807, 2.05) is 0 Å². The second-order valence-corrected chi connectivity index (χ2v) is 1.99. The van der Waals surface area contributed by atoms with E-state index in [2.05, 4.69) is 0 Å². The molecule has 0 heterocycles. The van der Waals surface area contributed by atoms with Gasteiger partial charge in [0.1, 0.15) is 9.05 Å². The van der Waals surface area contributed by atoms with Crippen LogP contribution in [0.1, 0.15) is 0 Å². The molecular weight excluding hydrogens is 197 g/mol. The van der Waals surface area contributed by atoms with Gasteiger partial charge in [0.2, 0.25) is 0 Å². The van der Waals surface area contributed by atoms with Crippen molar-refractivity contribution in [2.45, 2.75) is 0 Å². The second-order valence-electron chi connectivity index (χ2n) is 0.895. The molecule has 0 saturated carbocycles. The van der Waals surface area contributed by atoms with Crippen LogP contribution in [0.25, 0.3) is 0 Å². The van der Waals surface area contributed by atoms with Gasteiger partial charge in [-0.1, -0.05) is 0 Å². The fourth-order valence-corrected chi connectivity index (χ4v) is 0. The van der Waals surface area contributed by atoms with Crippen molar-refractivity contribution >= 4 is 16.4 Å². The minimum Gasteiger partial charge on any atom is -0.828 e. The summed E-state index contributed by atoms with van der Waals surface area (Å²) in [5.74, 6) is 0. The zero-order valence-electron chi connectivity index (χ0n) is 6.13. The molecule has 0 fully saturated rings. The van der Waals surface area contributed by atoms with Gasteiger partial charge in [0.15, 0.2) is 0 Å². The van der Waals surface area contributed by atoms with Crippen LogP contribution in [0.5, 0.6) is 0 Å². The van der Waals surface area contributed by atoms with Gasteiger partial charge in [-0.15, -0.1) is 0 Å². The van der Waals surface area contributed by atoms with Crippen LogP contribution in [0.3, 0.4) is 0 Å². The molecule has 0 bridgehead atoms. The first kappa shape index (κ1) is 23.1. The Morgan fingerprint density at radius 3 is 0.909 bits per heavy atom. The fraction of sp³-hybridized carbons (Fsp3) is 0. The van der Waals surface area contributed by atoms with E-state index in [1.54, 1.807) is 0 Å². The van der Waals surface area contributed by atoms with Gasteiger partial charge in [0.05, 0.1) is 0 Å². The maximum Gasteiger partial charge on any atom is 1.00 e. The first-order valence-corrected chi connectivity index (χ1v) is 3.34. The molecule has 0 unspecified atom stereocenters. The molecule has 0 aliphatic heterocycles. The summed E-state index contributed by atoms with van der Waals surface area (Å²) in [5.41, 5.74) is 0. The van der Waals surface area contributed by atoms with Crippen molar-refractivity contribution in [1.82, 2.24) is 0 Å². The number of rotatable bonds is 0. The van der Waals surface area contributed by atoms with Crippen LogP contribution in [-0.2, 0) is 0 Å². The fourth-order valence-electron chi connectivity index (χ4n) is 0. The van der Waals surface area contributed by atoms with Crippen molar-refractivity contribution in [3.05, 3.63) is 0 Å². The summed E-state index contributed by atoms with van der Waals surface area (Å²) >= 11 is 0. The molecule has 0 saturated heterocycles. The normalized spacial score (nSPS) is 7.91. The van der Waals surface area contributed by atoms with Crippen molar-refractivity contribution < 1.29 is 93.4 Å². The standard InChI is InChI=1S/BH3O3.2Na.H2O4Si/c2-1(3)4;;;1-5(2,3)4/h2-4H;;;1-2H/q;2*+1;-2. The molecule has 0 spiro atoms. The van der Waals surface area contributed by atoms with Crippen LogP contribution in [0, 0.1) is 0 Å². The monoisotopic (exact) mass is 202 g/mol. The quantitative estimate of drug-likeness (QED) is 0.245. The van der Waals surface area contributed by atoms with Crippen molar-refractivity contribution in [3.8, 4) is 0 Å². The van der Waals surface area contributed by atoms with Crippen molar-refractivity contribution in [2.24, 2.45) is 0 Å². The maximum atomic E-state index is 8.80. The summed E-state index contributed by atoms with van der Waals surface area (Å²) in [6, 6.07) is 0. The van der Waals surface area contributed by atoms with Crippen molar-refractivity contribution in [1.29, 1.82) is 0 Å². The summed E-state index contributed by atoms with van der Waals surface area (Å²) in [5, 5.41) is 21.5. The third kappa shape index (κ3) is 300. The summed E-state index contributed by atoms with van der Waals surface area (Å²) in [7, 11) is -7.28. The molecule has 5 N–H and O–H groups in total. The van der Waals surface area contributed by atoms with Gasteiger partial charge < -0.3 is 34.3 Å². The van der Waals surface area contributed by atoms with Crippen LogP contribution in [0.4, 0.5) is 0 Å². The molecular formula is H5BNa2O7Si. The molecule has 7 nitrogen and oxygen atoms in total. The third-order valence-corrected chi connectivity index (χ3v) is 0.